The Morgan fingerprint density at radius 3 is 2.63 bits per heavy atom. The van der Waals surface area contributed by atoms with Gasteiger partial charge >= 0.3 is 6.03 Å². The topological polar surface area (TPSA) is 67.9 Å². The molecule has 1 N–H and O–H groups in total. The first-order valence-electron chi connectivity index (χ1n) is 8.46. The van der Waals surface area contributed by atoms with E-state index in [9.17, 15) is 9.59 Å². The summed E-state index contributed by atoms with van der Waals surface area (Å²) < 4.78 is 11.2. The molecule has 1 atom stereocenters. The second-order valence-electron chi connectivity index (χ2n) is 6.29. The van der Waals surface area contributed by atoms with Crippen molar-refractivity contribution in [2.75, 3.05) is 19.8 Å². The molecule has 0 aromatic heterocycles. The number of hydrogen-bond acceptors (Lipinski definition) is 4. The Balaban J connectivity index is 1.51. The van der Waals surface area contributed by atoms with Crippen LogP contribution in [0.25, 0.3) is 0 Å². The maximum atomic E-state index is 13.1. The number of urea groups is 1. The molecule has 4 rings (SSSR count). The number of ether oxygens (including phenoxy) is 2. The van der Waals surface area contributed by atoms with E-state index >= 15 is 0 Å². The van der Waals surface area contributed by atoms with Crippen LogP contribution in [-0.4, -0.2) is 36.6 Å². The zero-order valence-corrected chi connectivity index (χ0v) is 15.7. The van der Waals surface area contributed by atoms with Crippen molar-refractivity contribution in [3.63, 3.8) is 0 Å². The maximum Gasteiger partial charge on any atom is 0.325 e. The minimum atomic E-state index is -1.09. The van der Waals surface area contributed by atoms with Crippen molar-refractivity contribution < 1.29 is 19.1 Å². The van der Waals surface area contributed by atoms with Crippen molar-refractivity contribution in [2.45, 2.75) is 12.0 Å². The molecule has 0 bridgehead atoms. The molecule has 27 heavy (non-hydrogen) atoms. The van der Waals surface area contributed by atoms with Crippen LogP contribution in [0.4, 0.5) is 4.79 Å². The third-order valence-electron chi connectivity index (χ3n) is 4.74. The van der Waals surface area contributed by atoms with Gasteiger partial charge in [0.15, 0.2) is 11.3 Å². The number of amides is 3. The van der Waals surface area contributed by atoms with E-state index in [4.69, 9.17) is 32.7 Å². The van der Waals surface area contributed by atoms with Gasteiger partial charge in [0.2, 0.25) is 0 Å². The highest BCUT2D eigenvalue weighted by Gasteiger charge is 2.54. The van der Waals surface area contributed by atoms with E-state index in [1.54, 1.807) is 30.3 Å². The number of benzene rings is 2. The summed E-state index contributed by atoms with van der Waals surface area (Å²) in [7, 11) is 0. The Bertz CT molecular complexity index is 900. The van der Waals surface area contributed by atoms with Crippen molar-refractivity contribution in [1.82, 2.24) is 10.2 Å². The molecular formula is C19H16Cl2N2O4. The molecule has 1 spiro atoms. The van der Waals surface area contributed by atoms with E-state index in [1.807, 2.05) is 12.1 Å². The summed E-state index contributed by atoms with van der Waals surface area (Å²) >= 11 is 12.1. The fourth-order valence-corrected chi connectivity index (χ4v) is 3.94. The minimum absolute atomic E-state index is 0.0802. The van der Waals surface area contributed by atoms with Crippen LogP contribution in [0.2, 0.25) is 10.0 Å². The molecule has 1 saturated heterocycles. The van der Waals surface area contributed by atoms with Gasteiger partial charge in [-0.25, -0.2) is 4.79 Å². The van der Waals surface area contributed by atoms with Crippen molar-refractivity contribution >= 4 is 35.1 Å². The summed E-state index contributed by atoms with van der Waals surface area (Å²) in [5, 5.41) is 3.59. The molecule has 0 aliphatic carbocycles. The van der Waals surface area contributed by atoms with Gasteiger partial charge in [0.1, 0.15) is 12.4 Å². The van der Waals surface area contributed by atoms with Crippen LogP contribution in [0.3, 0.4) is 0 Å². The highest BCUT2D eigenvalue weighted by molar-refractivity contribution is 6.37. The summed E-state index contributed by atoms with van der Waals surface area (Å²) in [6.07, 6.45) is 0.377. The molecule has 2 aromatic rings. The van der Waals surface area contributed by atoms with E-state index in [0.717, 1.165) is 4.90 Å². The molecule has 0 unspecified atom stereocenters. The molecule has 2 aromatic carbocycles. The lowest BCUT2D eigenvalue weighted by atomic mass is 9.84. The SMILES string of the molecule is O=C1N[C@@]2(CCOc3ccccc32)C(=O)N1CCOc1c(Cl)cccc1Cl. The average molecular weight is 407 g/mol. The van der Waals surface area contributed by atoms with Crippen LogP contribution in [0, 0.1) is 0 Å². The van der Waals surface area contributed by atoms with E-state index < -0.39 is 11.6 Å². The zero-order chi connectivity index (χ0) is 19.0. The first-order chi connectivity index (χ1) is 13.0. The first-order valence-corrected chi connectivity index (χ1v) is 9.22. The third kappa shape index (κ3) is 2.99. The Labute approximate surface area is 165 Å². The minimum Gasteiger partial charge on any atom is -0.493 e. The number of rotatable bonds is 4. The van der Waals surface area contributed by atoms with Gasteiger partial charge in [0.05, 0.1) is 23.2 Å². The molecule has 3 amide bonds. The van der Waals surface area contributed by atoms with E-state index in [2.05, 4.69) is 5.32 Å². The number of fused-ring (bicyclic) bond motifs is 2. The lowest BCUT2D eigenvalue weighted by Gasteiger charge is -2.33. The fourth-order valence-electron chi connectivity index (χ4n) is 3.43. The maximum absolute atomic E-state index is 13.1. The number of halogens is 2. The molecule has 8 heteroatoms. The standard InChI is InChI=1S/C19H16Cl2N2O4/c20-13-5-3-6-14(21)16(13)27-11-9-23-17(24)19(22-18(23)25)8-10-26-15-7-2-1-4-12(15)19/h1-7H,8-11H2,(H,22,25)/t19-/m1/s1. The molecule has 140 valence electrons. The van der Waals surface area contributed by atoms with Gasteiger partial charge in [-0.1, -0.05) is 47.5 Å². The summed E-state index contributed by atoms with van der Waals surface area (Å²) in [6.45, 7) is 0.510. The normalized spacial score (nSPS) is 21.0. The molecule has 0 saturated carbocycles. The summed E-state index contributed by atoms with van der Waals surface area (Å²) in [4.78, 5) is 26.8. The molecular weight excluding hydrogens is 391 g/mol. The smallest absolute Gasteiger partial charge is 0.325 e. The number of carbonyl (C=O) groups excluding carboxylic acids is 2. The summed E-state index contributed by atoms with van der Waals surface area (Å²) in [6, 6.07) is 11.8. The van der Waals surface area contributed by atoms with Gasteiger partial charge in [0.25, 0.3) is 5.91 Å². The van der Waals surface area contributed by atoms with Crippen molar-refractivity contribution in [3.8, 4) is 11.5 Å². The summed E-state index contributed by atoms with van der Waals surface area (Å²) in [5.74, 6) is 0.634. The number of hydrogen-bond donors (Lipinski definition) is 1. The Morgan fingerprint density at radius 1 is 1.11 bits per heavy atom. The number of nitrogens with one attached hydrogen (secondary N) is 1. The van der Waals surface area contributed by atoms with Crippen LogP contribution in [0.15, 0.2) is 42.5 Å². The van der Waals surface area contributed by atoms with Crippen LogP contribution in [-0.2, 0) is 10.3 Å². The van der Waals surface area contributed by atoms with Gasteiger partial charge in [-0.15, -0.1) is 0 Å². The van der Waals surface area contributed by atoms with Crippen LogP contribution < -0.4 is 14.8 Å². The second-order valence-corrected chi connectivity index (χ2v) is 7.10. The van der Waals surface area contributed by atoms with Crippen LogP contribution >= 0.6 is 23.2 Å². The second kappa shape index (κ2) is 6.94. The molecule has 2 aliphatic heterocycles. The molecule has 2 heterocycles. The summed E-state index contributed by atoms with van der Waals surface area (Å²) in [5.41, 5.74) is -0.416. The fraction of sp³-hybridized carbons (Fsp3) is 0.263. The monoisotopic (exact) mass is 406 g/mol. The van der Waals surface area contributed by atoms with Crippen molar-refractivity contribution in [2.24, 2.45) is 0 Å². The molecule has 2 aliphatic rings. The lowest BCUT2D eigenvalue weighted by Crippen LogP contribution is -2.47. The van der Waals surface area contributed by atoms with Crippen molar-refractivity contribution in [1.29, 1.82) is 0 Å². The number of carbonyl (C=O) groups is 2. The third-order valence-corrected chi connectivity index (χ3v) is 5.33. The van der Waals surface area contributed by atoms with Gasteiger partial charge in [0, 0.05) is 12.0 Å². The Kier molecular flexibility index (Phi) is 4.61. The highest BCUT2D eigenvalue weighted by atomic mass is 35.5. The average Bonchev–Trinajstić information content (AvgIpc) is 2.89. The Hall–Kier alpha value is -2.44. The predicted molar refractivity (Wildman–Crippen MR) is 100 cm³/mol. The molecule has 1 fully saturated rings. The zero-order valence-electron chi connectivity index (χ0n) is 14.2. The van der Waals surface area contributed by atoms with Gasteiger partial charge in [-0.05, 0) is 18.2 Å². The Morgan fingerprint density at radius 2 is 1.85 bits per heavy atom. The van der Waals surface area contributed by atoms with Crippen LogP contribution in [0.1, 0.15) is 12.0 Å². The van der Waals surface area contributed by atoms with E-state index in [0.29, 0.717) is 40.1 Å². The van der Waals surface area contributed by atoms with Crippen molar-refractivity contribution in [3.05, 3.63) is 58.1 Å². The number of imide groups is 1. The van der Waals surface area contributed by atoms with E-state index in [1.165, 1.54) is 0 Å². The number of nitrogens with zero attached hydrogens (tertiary/aromatic N) is 1. The predicted octanol–water partition coefficient (Wildman–Crippen LogP) is 3.60. The largest absolute Gasteiger partial charge is 0.493 e. The quantitative estimate of drug-likeness (QED) is 0.787. The van der Waals surface area contributed by atoms with E-state index in [-0.39, 0.29) is 19.1 Å². The lowest BCUT2D eigenvalue weighted by molar-refractivity contribution is -0.132. The highest BCUT2D eigenvalue weighted by Crippen LogP contribution is 2.41. The van der Waals surface area contributed by atoms with Gasteiger partial charge in [-0.2, -0.15) is 0 Å². The van der Waals surface area contributed by atoms with Gasteiger partial charge < -0.3 is 14.8 Å². The first kappa shape index (κ1) is 17.9. The number of para-hydroxylation sites is 2. The van der Waals surface area contributed by atoms with Crippen LogP contribution in [0.5, 0.6) is 11.5 Å². The van der Waals surface area contributed by atoms with Gasteiger partial charge in [-0.3, -0.25) is 9.69 Å². The molecule has 6 nitrogen and oxygen atoms in total. The molecule has 0 radical (unpaired) electrons.